The van der Waals surface area contributed by atoms with E-state index in [1.807, 2.05) is 24.3 Å². The maximum Gasteiger partial charge on any atom is 0.253 e. The number of aryl methyl sites for hydroxylation is 1. The van der Waals surface area contributed by atoms with Crippen LogP contribution in [0.25, 0.3) is 0 Å². The second-order valence-corrected chi connectivity index (χ2v) is 7.17. The van der Waals surface area contributed by atoms with Crippen LogP contribution in [0.3, 0.4) is 0 Å². The van der Waals surface area contributed by atoms with E-state index in [0.29, 0.717) is 24.1 Å². The third-order valence-electron chi connectivity index (χ3n) is 4.33. The molecule has 0 saturated carbocycles. The van der Waals surface area contributed by atoms with Crippen LogP contribution in [0.5, 0.6) is 0 Å². The van der Waals surface area contributed by atoms with Crippen LogP contribution >= 0.6 is 0 Å². The fourth-order valence-electron chi connectivity index (χ4n) is 2.64. The minimum atomic E-state index is -0.208. The maximum absolute atomic E-state index is 12.2. The molecule has 29 heavy (non-hydrogen) atoms. The predicted octanol–water partition coefficient (Wildman–Crippen LogP) is 2.46. The number of benzene rings is 2. The van der Waals surface area contributed by atoms with Gasteiger partial charge in [-0.15, -0.1) is 0 Å². The zero-order valence-electron chi connectivity index (χ0n) is 17.4. The number of hydrogen-bond donors (Lipinski definition) is 2. The van der Waals surface area contributed by atoms with E-state index in [9.17, 15) is 14.4 Å². The van der Waals surface area contributed by atoms with E-state index in [-0.39, 0.29) is 24.3 Å². The number of carbonyl (C=O) groups excluding carboxylic acids is 3. The third-order valence-corrected chi connectivity index (χ3v) is 4.33. The summed E-state index contributed by atoms with van der Waals surface area (Å²) in [5.41, 5.74) is 2.98. The highest BCUT2D eigenvalue weighted by Crippen LogP contribution is 2.13. The van der Waals surface area contributed by atoms with Gasteiger partial charge in [-0.2, -0.15) is 0 Å². The molecule has 0 aromatic heterocycles. The van der Waals surface area contributed by atoms with Crippen LogP contribution in [-0.2, 0) is 16.0 Å². The monoisotopic (exact) mass is 396 g/mol. The van der Waals surface area contributed by atoms with Crippen molar-refractivity contribution in [2.24, 2.45) is 0 Å². The highest BCUT2D eigenvalue weighted by Gasteiger charge is 2.10. The molecule has 0 bridgehead atoms. The van der Waals surface area contributed by atoms with Crippen molar-refractivity contribution in [1.82, 2.24) is 9.80 Å². The highest BCUT2D eigenvalue weighted by molar-refractivity contribution is 5.97. The van der Waals surface area contributed by atoms with E-state index in [0.717, 1.165) is 11.3 Å². The van der Waals surface area contributed by atoms with E-state index >= 15 is 0 Å². The molecule has 7 nitrogen and oxygen atoms in total. The summed E-state index contributed by atoms with van der Waals surface area (Å²) in [4.78, 5) is 38.9. The van der Waals surface area contributed by atoms with Gasteiger partial charge < -0.3 is 20.4 Å². The minimum Gasteiger partial charge on any atom is -0.376 e. The number of nitrogens with one attached hydrogen (secondary N) is 2. The minimum absolute atomic E-state index is 0.0974. The van der Waals surface area contributed by atoms with Gasteiger partial charge in [0, 0.05) is 51.5 Å². The van der Waals surface area contributed by atoms with Crippen molar-refractivity contribution in [3.63, 3.8) is 0 Å². The first-order chi connectivity index (χ1) is 13.8. The Bertz CT molecular complexity index is 861. The normalized spacial score (nSPS) is 10.2. The van der Waals surface area contributed by atoms with E-state index in [1.54, 1.807) is 57.4 Å². The smallest absolute Gasteiger partial charge is 0.253 e. The van der Waals surface area contributed by atoms with E-state index in [1.165, 1.54) is 4.90 Å². The van der Waals surface area contributed by atoms with Gasteiger partial charge in [-0.05, 0) is 42.3 Å². The van der Waals surface area contributed by atoms with Gasteiger partial charge in [0.05, 0.1) is 6.54 Å². The fourth-order valence-corrected chi connectivity index (χ4v) is 2.64. The lowest BCUT2D eigenvalue weighted by atomic mass is 10.1. The van der Waals surface area contributed by atoms with Crippen LogP contribution in [0.4, 0.5) is 11.4 Å². The SMILES string of the molecule is CN(C)C(=O)CCc1ccc(NCC(=O)Nc2cccc(C(=O)N(C)C)c2)cc1. The third kappa shape index (κ3) is 6.95. The Hall–Kier alpha value is -3.35. The van der Waals surface area contributed by atoms with E-state index < -0.39 is 0 Å². The summed E-state index contributed by atoms with van der Waals surface area (Å²) < 4.78 is 0. The zero-order valence-corrected chi connectivity index (χ0v) is 17.4. The topological polar surface area (TPSA) is 81.8 Å². The summed E-state index contributed by atoms with van der Waals surface area (Å²) in [5, 5.41) is 5.85. The maximum atomic E-state index is 12.2. The second kappa shape index (κ2) is 10.3. The summed E-state index contributed by atoms with van der Waals surface area (Å²) in [6.07, 6.45) is 1.15. The van der Waals surface area contributed by atoms with Crippen LogP contribution < -0.4 is 10.6 Å². The van der Waals surface area contributed by atoms with Crippen molar-refractivity contribution in [1.29, 1.82) is 0 Å². The molecule has 2 rings (SSSR count). The number of anilines is 2. The molecule has 154 valence electrons. The molecule has 0 radical (unpaired) electrons. The Labute approximate surface area is 171 Å². The number of amides is 3. The lowest BCUT2D eigenvalue weighted by Crippen LogP contribution is -2.23. The zero-order chi connectivity index (χ0) is 21.4. The molecule has 0 atom stereocenters. The average Bonchev–Trinajstić information content (AvgIpc) is 2.70. The first-order valence-corrected chi connectivity index (χ1v) is 9.41. The highest BCUT2D eigenvalue weighted by atomic mass is 16.2. The molecule has 2 aromatic rings. The summed E-state index contributed by atoms with van der Waals surface area (Å²) in [7, 11) is 6.86. The Morgan fingerprint density at radius 2 is 1.55 bits per heavy atom. The molecule has 0 aliphatic rings. The Kier molecular flexibility index (Phi) is 7.77. The fraction of sp³-hybridized carbons (Fsp3) is 0.318. The Balaban J connectivity index is 1.84. The van der Waals surface area contributed by atoms with Crippen LogP contribution in [-0.4, -0.2) is 62.3 Å². The van der Waals surface area contributed by atoms with Crippen molar-refractivity contribution in [3.05, 3.63) is 59.7 Å². The van der Waals surface area contributed by atoms with Gasteiger partial charge in [0.1, 0.15) is 0 Å². The largest absolute Gasteiger partial charge is 0.376 e. The molecule has 7 heteroatoms. The molecule has 0 spiro atoms. The number of rotatable bonds is 8. The Morgan fingerprint density at radius 3 is 2.17 bits per heavy atom. The van der Waals surface area contributed by atoms with Gasteiger partial charge in [0.25, 0.3) is 5.91 Å². The molecule has 0 saturated heterocycles. The summed E-state index contributed by atoms with van der Waals surface area (Å²) >= 11 is 0. The van der Waals surface area contributed by atoms with Crippen LogP contribution in [0.1, 0.15) is 22.3 Å². The molecular weight excluding hydrogens is 368 g/mol. The van der Waals surface area contributed by atoms with Gasteiger partial charge in [-0.1, -0.05) is 18.2 Å². The van der Waals surface area contributed by atoms with Crippen LogP contribution in [0, 0.1) is 0 Å². The number of carbonyl (C=O) groups is 3. The predicted molar refractivity (Wildman–Crippen MR) is 115 cm³/mol. The molecule has 0 aliphatic carbocycles. The molecule has 0 fully saturated rings. The van der Waals surface area contributed by atoms with E-state index in [2.05, 4.69) is 10.6 Å². The molecule has 0 heterocycles. The summed E-state index contributed by atoms with van der Waals surface area (Å²) in [5.74, 6) is -0.230. The van der Waals surface area contributed by atoms with Crippen molar-refractivity contribution < 1.29 is 14.4 Å². The van der Waals surface area contributed by atoms with Crippen molar-refractivity contribution >= 4 is 29.1 Å². The number of hydrogen-bond acceptors (Lipinski definition) is 4. The molecule has 2 aromatic carbocycles. The Morgan fingerprint density at radius 1 is 0.862 bits per heavy atom. The number of nitrogens with zero attached hydrogens (tertiary/aromatic N) is 2. The summed E-state index contributed by atoms with van der Waals surface area (Å²) in [6.45, 7) is 0.102. The quantitative estimate of drug-likeness (QED) is 0.718. The van der Waals surface area contributed by atoms with Crippen LogP contribution in [0.2, 0.25) is 0 Å². The first-order valence-electron chi connectivity index (χ1n) is 9.41. The van der Waals surface area contributed by atoms with Gasteiger partial charge in [-0.25, -0.2) is 0 Å². The van der Waals surface area contributed by atoms with Gasteiger partial charge >= 0.3 is 0 Å². The molecular formula is C22H28N4O3. The molecule has 3 amide bonds. The second-order valence-electron chi connectivity index (χ2n) is 7.17. The van der Waals surface area contributed by atoms with Gasteiger partial charge in [0.2, 0.25) is 11.8 Å². The van der Waals surface area contributed by atoms with Gasteiger partial charge in [0.15, 0.2) is 0 Å². The first kappa shape index (κ1) is 21.9. The molecule has 0 aliphatic heterocycles. The summed E-state index contributed by atoms with van der Waals surface area (Å²) in [6, 6.07) is 14.5. The van der Waals surface area contributed by atoms with Crippen molar-refractivity contribution in [2.45, 2.75) is 12.8 Å². The lowest BCUT2D eigenvalue weighted by molar-refractivity contribution is -0.128. The standard InChI is InChI=1S/C22H28N4O3/c1-25(2)21(28)13-10-16-8-11-18(12-9-16)23-15-20(27)24-19-7-5-6-17(14-19)22(29)26(3)4/h5-9,11-12,14,23H,10,13,15H2,1-4H3,(H,24,27). The van der Waals surface area contributed by atoms with E-state index in [4.69, 9.17) is 0 Å². The van der Waals surface area contributed by atoms with Gasteiger partial charge in [-0.3, -0.25) is 14.4 Å². The lowest BCUT2D eigenvalue weighted by Gasteiger charge is -2.12. The molecule has 0 unspecified atom stereocenters. The average molecular weight is 396 g/mol. The van der Waals surface area contributed by atoms with Crippen LogP contribution in [0.15, 0.2) is 48.5 Å². The molecule has 2 N–H and O–H groups in total. The van der Waals surface area contributed by atoms with Crippen molar-refractivity contribution in [3.8, 4) is 0 Å². The van der Waals surface area contributed by atoms with Crippen molar-refractivity contribution in [2.75, 3.05) is 45.4 Å².